The standard InChI is InChI=1S/C16H16F3NO/c1-2-10-7-12(10)11-3-4-14-13(8-11)15(21)5-6-20(14)9-16(17,18)19/h3-6,8,10,12H,2,7,9H2,1H3/t10-,12-/m0/s1. The van der Waals surface area contributed by atoms with E-state index in [-0.39, 0.29) is 5.43 Å². The summed E-state index contributed by atoms with van der Waals surface area (Å²) in [5.41, 5.74) is 1.19. The van der Waals surface area contributed by atoms with E-state index in [1.807, 2.05) is 6.07 Å². The number of hydrogen-bond donors (Lipinski definition) is 0. The van der Waals surface area contributed by atoms with E-state index in [9.17, 15) is 18.0 Å². The molecule has 2 aromatic rings. The smallest absolute Gasteiger partial charge is 0.338 e. The molecule has 21 heavy (non-hydrogen) atoms. The SMILES string of the molecule is CC[C@H]1C[C@@H]1c1ccc2c(c1)c(=O)ccn2CC(F)(F)F. The number of rotatable bonds is 3. The van der Waals surface area contributed by atoms with E-state index in [4.69, 9.17) is 0 Å². The second-order valence-corrected chi connectivity index (χ2v) is 5.71. The van der Waals surface area contributed by atoms with Gasteiger partial charge in [0.15, 0.2) is 5.43 Å². The number of halogens is 3. The highest BCUT2D eigenvalue weighted by Crippen LogP contribution is 2.49. The van der Waals surface area contributed by atoms with E-state index >= 15 is 0 Å². The molecule has 0 spiro atoms. The molecule has 5 heteroatoms. The average molecular weight is 295 g/mol. The molecule has 1 saturated carbocycles. The minimum absolute atomic E-state index is 0.223. The molecule has 2 atom stereocenters. The van der Waals surface area contributed by atoms with E-state index < -0.39 is 12.7 Å². The molecule has 0 amide bonds. The third kappa shape index (κ3) is 2.82. The Labute approximate surface area is 120 Å². The number of fused-ring (bicyclic) bond motifs is 1. The van der Waals surface area contributed by atoms with Crippen molar-refractivity contribution < 1.29 is 13.2 Å². The second kappa shape index (κ2) is 4.90. The lowest BCUT2D eigenvalue weighted by atomic mass is 10.0. The van der Waals surface area contributed by atoms with Crippen LogP contribution < -0.4 is 5.43 Å². The number of alkyl halides is 3. The van der Waals surface area contributed by atoms with Crippen LogP contribution in [0.15, 0.2) is 35.3 Å². The molecule has 0 radical (unpaired) electrons. The molecule has 1 aliphatic rings. The molecular formula is C16H16F3NO. The first-order chi connectivity index (χ1) is 9.89. The fourth-order valence-electron chi connectivity index (χ4n) is 3.00. The van der Waals surface area contributed by atoms with E-state index in [0.29, 0.717) is 22.7 Å². The largest absolute Gasteiger partial charge is 0.406 e. The van der Waals surface area contributed by atoms with Gasteiger partial charge in [0.25, 0.3) is 0 Å². The van der Waals surface area contributed by atoms with Crippen molar-refractivity contribution in [2.45, 2.75) is 38.4 Å². The van der Waals surface area contributed by atoms with Gasteiger partial charge in [-0.1, -0.05) is 19.4 Å². The van der Waals surface area contributed by atoms with Crippen LogP contribution in [0.4, 0.5) is 13.2 Å². The highest BCUT2D eigenvalue weighted by Gasteiger charge is 2.36. The Kier molecular flexibility index (Phi) is 3.30. The monoisotopic (exact) mass is 295 g/mol. The van der Waals surface area contributed by atoms with Crippen LogP contribution >= 0.6 is 0 Å². The lowest BCUT2D eigenvalue weighted by Crippen LogP contribution is -2.19. The molecule has 112 valence electrons. The summed E-state index contributed by atoms with van der Waals surface area (Å²) < 4.78 is 38.8. The van der Waals surface area contributed by atoms with Crippen molar-refractivity contribution >= 4 is 10.9 Å². The highest BCUT2D eigenvalue weighted by atomic mass is 19.4. The summed E-state index contributed by atoms with van der Waals surface area (Å²) in [5.74, 6) is 1.10. The van der Waals surface area contributed by atoms with Gasteiger partial charge >= 0.3 is 6.18 Å². The van der Waals surface area contributed by atoms with E-state index in [0.717, 1.165) is 23.0 Å². The van der Waals surface area contributed by atoms with Crippen LogP contribution in [-0.4, -0.2) is 10.7 Å². The molecule has 3 rings (SSSR count). The first-order valence-corrected chi connectivity index (χ1v) is 7.09. The fourth-order valence-corrected chi connectivity index (χ4v) is 3.00. The van der Waals surface area contributed by atoms with Gasteiger partial charge in [-0.25, -0.2) is 0 Å². The predicted octanol–water partition coefficient (Wildman–Crippen LogP) is 4.08. The summed E-state index contributed by atoms with van der Waals surface area (Å²) in [6, 6.07) is 6.48. The lowest BCUT2D eigenvalue weighted by Gasteiger charge is -2.13. The van der Waals surface area contributed by atoms with Gasteiger partial charge in [0, 0.05) is 17.6 Å². The number of hydrogen-bond acceptors (Lipinski definition) is 1. The summed E-state index contributed by atoms with van der Waals surface area (Å²) >= 11 is 0. The lowest BCUT2D eigenvalue weighted by molar-refractivity contribution is -0.139. The number of nitrogens with zero attached hydrogens (tertiary/aromatic N) is 1. The van der Waals surface area contributed by atoms with Crippen molar-refractivity contribution in [2.24, 2.45) is 5.92 Å². The minimum atomic E-state index is -4.30. The number of pyridine rings is 1. The van der Waals surface area contributed by atoms with Gasteiger partial charge in [-0.15, -0.1) is 0 Å². The van der Waals surface area contributed by atoms with Crippen LogP contribution in [0.3, 0.4) is 0 Å². The van der Waals surface area contributed by atoms with Gasteiger partial charge in [0.2, 0.25) is 0 Å². The van der Waals surface area contributed by atoms with Crippen molar-refractivity contribution in [3.63, 3.8) is 0 Å². The Morgan fingerprint density at radius 1 is 1.29 bits per heavy atom. The number of aromatic nitrogens is 1. The maximum absolute atomic E-state index is 12.6. The Balaban J connectivity index is 2.05. The van der Waals surface area contributed by atoms with Crippen LogP contribution in [0.5, 0.6) is 0 Å². The zero-order chi connectivity index (χ0) is 15.2. The average Bonchev–Trinajstić information content (AvgIpc) is 3.20. The molecule has 0 saturated heterocycles. The number of benzene rings is 1. The van der Waals surface area contributed by atoms with Gasteiger partial charge in [0.05, 0.1) is 5.52 Å². The van der Waals surface area contributed by atoms with Crippen molar-refractivity contribution in [1.82, 2.24) is 4.57 Å². The molecular weight excluding hydrogens is 279 g/mol. The summed E-state index contributed by atoms with van der Waals surface area (Å²) in [6.07, 6.45) is -0.893. The van der Waals surface area contributed by atoms with Crippen molar-refractivity contribution in [2.75, 3.05) is 0 Å². The first kappa shape index (κ1) is 14.2. The second-order valence-electron chi connectivity index (χ2n) is 5.71. The summed E-state index contributed by atoms with van der Waals surface area (Å²) in [4.78, 5) is 11.9. The van der Waals surface area contributed by atoms with Crippen LogP contribution in [0.1, 0.15) is 31.2 Å². The van der Waals surface area contributed by atoms with Crippen LogP contribution in [0.25, 0.3) is 10.9 Å². The Morgan fingerprint density at radius 2 is 2.05 bits per heavy atom. The van der Waals surface area contributed by atoms with Crippen molar-refractivity contribution in [1.29, 1.82) is 0 Å². The van der Waals surface area contributed by atoms with Gasteiger partial charge in [-0.3, -0.25) is 4.79 Å². The highest BCUT2D eigenvalue weighted by molar-refractivity contribution is 5.80. The normalized spacial score (nSPS) is 21.7. The molecule has 1 fully saturated rings. The molecule has 1 aliphatic carbocycles. The molecule has 1 heterocycles. The molecule has 2 nitrogen and oxygen atoms in total. The topological polar surface area (TPSA) is 22.0 Å². The Bertz CT molecular complexity index is 732. The zero-order valence-corrected chi connectivity index (χ0v) is 11.7. The first-order valence-electron chi connectivity index (χ1n) is 7.09. The Hall–Kier alpha value is -1.78. The van der Waals surface area contributed by atoms with Gasteiger partial charge in [-0.2, -0.15) is 13.2 Å². The quantitative estimate of drug-likeness (QED) is 0.836. The van der Waals surface area contributed by atoms with Crippen LogP contribution in [0, 0.1) is 5.92 Å². The maximum Gasteiger partial charge on any atom is 0.406 e. The molecule has 1 aromatic carbocycles. The summed E-state index contributed by atoms with van der Waals surface area (Å²) in [5, 5.41) is 0.376. The van der Waals surface area contributed by atoms with Crippen LogP contribution in [0.2, 0.25) is 0 Å². The molecule has 0 N–H and O–H groups in total. The third-order valence-electron chi connectivity index (χ3n) is 4.23. The van der Waals surface area contributed by atoms with Crippen LogP contribution in [-0.2, 0) is 6.54 Å². The van der Waals surface area contributed by atoms with Gasteiger partial charge in [0.1, 0.15) is 6.54 Å². The summed E-state index contributed by atoms with van der Waals surface area (Å²) in [7, 11) is 0. The molecule has 1 aromatic heterocycles. The molecule has 0 bridgehead atoms. The minimum Gasteiger partial charge on any atom is -0.338 e. The van der Waals surface area contributed by atoms with Gasteiger partial charge < -0.3 is 4.57 Å². The van der Waals surface area contributed by atoms with E-state index in [1.165, 1.54) is 12.3 Å². The van der Waals surface area contributed by atoms with Crippen molar-refractivity contribution in [3.8, 4) is 0 Å². The predicted molar refractivity (Wildman–Crippen MR) is 75.4 cm³/mol. The van der Waals surface area contributed by atoms with E-state index in [1.54, 1.807) is 12.1 Å². The maximum atomic E-state index is 12.6. The third-order valence-corrected chi connectivity index (χ3v) is 4.23. The molecule has 0 aliphatic heterocycles. The van der Waals surface area contributed by atoms with E-state index in [2.05, 4.69) is 6.92 Å². The van der Waals surface area contributed by atoms with Gasteiger partial charge in [-0.05, 0) is 36.0 Å². The Morgan fingerprint density at radius 3 is 2.67 bits per heavy atom. The molecule has 0 unspecified atom stereocenters. The zero-order valence-electron chi connectivity index (χ0n) is 11.7. The summed E-state index contributed by atoms with van der Waals surface area (Å²) in [6.45, 7) is 1.05. The van der Waals surface area contributed by atoms with Crippen molar-refractivity contribution in [3.05, 3.63) is 46.2 Å². The fraction of sp³-hybridized carbons (Fsp3) is 0.438.